The molecule has 0 unspecified atom stereocenters. The molecule has 4 aromatic rings. The molecule has 0 saturated heterocycles. The van der Waals surface area contributed by atoms with Crippen LogP contribution < -0.4 is 17.0 Å². The summed E-state index contributed by atoms with van der Waals surface area (Å²) in [7, 11) is 0. The molecule has 0 aliphatic heterocycles. The summed E-state index contributed by atoms with van der Waals surface area (Å²) in [6.45, 7) is 0.623. The quantitative estimate of drug-likeness (QED) is 0.456. The molecule has 0 radical (unpaired) electrons. The molecule has 9 nitrogen and oxygen atoms in total. The standard InChI is InChI=1S/C24H17F3N6O3/c1-14-21(19-9-10-30-33(19)17-7-5-15(12-28)6-8-17)22(35)31(13-20(29)34)23(36)32(14)18-4-2-3-16(11-18)24(25,26)27/h2-11H,13H2,1H3,(H2,29,34). The minimum Gasteiger partial charge on any atom is -0.368 e. The molecule has 4 rings (SSSR count). The molecule has 12 heteroatoms. The number of hydrogen-bond acceptors (Lipinski definition) is 5. The van der Waals surface area contributed by atoms with Gasteiger partial charge in [0.15, 0.2) is 0 Å². The number of carbonyl (C=O) groups is 1. The lowest BCUT2D eigenvalue weighted by Crippen LogP contribution is -2.44. The first kappa shape index (κ1) is 24.2. The van der Waals surface area contributed by atoms with Gasteiger partial charge in [0.2, 0.25) is 5.91 Å². The van der Waals surface area contributed by atoms with Crippen molar-refractivity contribution >= 4 is 5.91 Å². The van der Waals surface area contributed by atoms with E-state index in [0.717, 1.165) is 22.8 Å². The highest BCUT2D eigenvalue weighted by Crippen LogP contribution is 2.31. The maximum absolute atomic E-state index is 13.4. The maximum Gasteiger partial charge on any atom is 0.416 e. The number of benzene rings is 2. The highest BCUT2D eigenvalue weighted by Gasteiger charge is 2.31. The zero-order valence-electron chi connectivity index (χ0n) is 18.7. The van der Waals surface area contributed by atoms with E-state index in [1.807, 2.05) is 6.07 Å². The van der Waals surface area contributed by atoms with Crippen molar-refractivity contribution in [2.75, 3.05) is 0 Å². The maximum atomic E-state index is 13.4. The summed E-state index contributed by atoms with van der Waals surface area (Å²) in [6, 6.07) is 13.8. The van der Waals surface area contributed by atoms with Crippen LogP contribution in [-0.2, 0) is 17.5 Å². The third kappa shape index (κ3) is 4.29. The summed E-state index contributed by atoms with van der Waals surface area (Å²) >= 11 is 0. The van der Waals surface area contributed by atoms with E-state index < -0.39 is 35.4 Å². The average Bonchev–Trinajstić information content (AvgIpc) is 3.31. The van der Waals surface area contributed by atoms with E-state index in [9.17, 15) is 27.6 Å². The molecular weight excluding hydrogens is 477 g/mol. The fraction of sp³-hybridized carbons (Fsp3) is 0.125. The van der Waals surface area contributed by atoms with Crippen molar-refractivity contribution in [3.05, 3.63) is 98.5 Å². The van der Waals surface area contributed by atoms with Crippen molar-refractivity contribution in [2.24, 2.45) is 5.73 Å². The lowest BCUT2D eigenvalue weighted by molar-refractivity contribution is -0.137. The number of rotatable bonds is 5. The summed E-state index contributed by atoms with van der Waals surface area (Å²) in [5.74, 6) is -0.986. The van der Waals surface area contributed by atoms with Crippen LogP contribution in [0.4, 0.5) is 13.2 Å². The molecule has 2 heterocycles. The van der Waals surface area contributed by atoms with Gasteiger partial charge in [0.1, 0.15) is 6.54 Å². The van der Waals surface area contributed by atoms with Gasteiger partial charge in [0.05, 0.1) is 46.0 Å². The lowest BCUT2D eigenvalue weighted by atomic mass is 10.1. The number of nitrogens with two attached hydrogens (primary N) is 1. The topological polar surface area (TPSA) is 129 Å². The number of aromatic nitrogens is 4. The third-order valence-corrected chi connectivity index (χ3v) is 5.46. The van der Waals surface area contributed by atoms with E-state index in [2.05, 4.69) is 5.10 Å². The molecule has 0 aliphatic rings. The van der Waals surface area contributed by atoms with E-state index in [-0.39, 0.29) is 22.6 Å². The monoisotopic (exact) mass is 494 g/mol. The van der Waals surface area contributed by atoms with E-state index in [1.165, 1.54) is 29.9 Å². The number of alkyl halides is 3. The van der Waals surface area contributed by atoms with Crippen molar-refractivity contribution in [1.29, 1.82) is 5.26 Å². The number of amides is 1. The first-order valence-corrected chi connectivity index (χ1v) is 10.4. The molecule has 0 bridgehead atoms. The Bertz CT molecular complexity index is 1640. The highest BCUT2D eigenvalue weighted by molar-refractivity contribution is 5.74. The molecule has 36 heavy (non-hydrogen) atoms. The number of primary amides is 1. The molecule has 2 aromatic heterocycles. The van der Waals surface area contributed by atoms with Crippen molar-refractivity contribution < 1.29 is 18.0 Å². The Morgan fingerprint density at radius 3 is 2.39 bits per heavy atom. The summed E-state index contributed by atoms with van der Waals surface area (Å²) in [5, 5.41) is 13.3. The van der Waals surface area contributed by atoms with E-state index in [1.54, 1.807) is 24.3 Å². The van der Waals surface area contributed by atoms with Gasteiger partial charge >= 0.3 is 11.9 Å². The molecule has 2 aromatic carbocycles. The van der Waals surface area contributed by atoms with E-state index in [4.69, 9.17) is 11.0 Å². The normalized spacial score (nSPS) is 11.3. The van der Waals surface area contributed by atoms with Crippen LogP contribution in [0, 0.1) is 18.3 Å². The number of nitrogens with zero attached hydrogens (tertiary/aromatic N) is 5. The average molecular weight is 494 g/mol. The Hall–Kier alpha value is -4.92. The predicted octanol–water partition coefficient (Wildman–Crippen LogP) is 2.54. The van der Waals surface area contributed by atoms with Crippen LogP contribution in [0.25, 0.3) is 22.6 Å². The van der Waals surface area contributed by atoms with Gasteiger partial charge in [0.25, 0.3) is 5.56 Å². The molecule has 1 amide bonds. The van der Waals surface area contributed by atoms with Gasteiger partial charge < -0.3 is 5.73 Å². The van der Waals surface area contributed by atoms with E-state index >= 15 is 0 Å². The van der Waals surface area contributed by atoms with Gasteiger partial charge in [-0.1, -0.05) is 6.07 Å². The van der Waals surface area contributed by atoms with Crippen LogP contribution >= 0.6 is 0 Å². The van der Waals surface area contributed by atoms with Crippen molar-refractivity contribution in [3.8, 4) is 28.7 Å². The predicted molar refractivity (Wildman–Crippen MR) is 123 cm³/mol. The SMILES string of the molecule is Cc1c(-c2ccnn2-c2ccc(C#N)cc2)c(=O)n(CC(N)=O)c(=O)n1-c1cccc(C(F)(F)F)c1. The zero-order chi connectivity index (χ0) is 26.2. The second-order valence-electron chi connectivity index (χ2n) is 7.77. The first-order valence-electron chi connectivity index (χ1n) is 10.4. The van der Waals surface area contributed by atoms with Gasteiger partial charge in [-0.2, -0.15) is 23.5 Å². The fourth-order valence-corrected chi connectivity index (χ4v) is 3.84. The van der Waals surface area contributed by atoms with Crippen LogP contribution in [0.5, 0.6) is 0 Å². The molecule has 0 saturated carbocycles. The smallest absolute Gasteiger partial charge is 0.368 e. The van der Waals surface area contributed by atoms with Crippen molar-refractivity contribution in [2.45, 2.75) is 19.6 Å². The van der Waals surface area contributed by atoms with Gasteiger partial charge in [-0.05, 0) is 55.5 Å². The molecule has 0 spiro atoms. The third-order valence-electron chi connectivity index (χ3n) is 5.46. The van der Waals surface area contributed by atoms with E-state index in [0.29, 0.717) is 15.8 Å². The number of halogens is 3. The van der Waals surface area contributed by atoms with Crippen LogP contribution in [0.2, 0.25) is 0 Å². The summed E-state index contributed by atoms with van der Waals surface area (Å²) in [4.78, 5) is 38.3. The molecule has 0 atom stereocenters. The molecule has 2 N–H and O–H groups in total. The van der Waals surface area contributed by atoms with Gasteiger partial charge in [0, 0.05) is 5.69 Å². The highest BCUT2D eigenvalue weighted by atomic mass is 19.4. The fourth-order valence-electron chi connectivity index (χ4n) is 3.84. The Labute approximate surface area is 201 Å². The van der Waals surface area contributed by atoms with Gasteiger partial charge in [-0.25, -0.2) is 14.0 Å². The summed E-state index contributed by atoms with van der Waals surface area (Å²) < 4.78 is 43.0. The zero-order valence-corrected chi connectivity index (χ0v) is 18.7. The number of carbonyl (C=O) groups excluding carboxylic acids is 1. The lowest BCUT2D eigenvalue weighted by Gasteiger charge is -2.18. The molecule has 0 fully saturated rings. The molecule has 0 aliphatic carbocycles. The minimum atomic E-state index is -4.67. The van der Waals surface area contributed by atoms with Crippen LogP contribution in [0.3, 0.4) is 0 Å². The van der Waals surface area contributed by atoms with Crippen LogP contribution in [-0.4, -0.2) is 24.8 Å². The number of nitriles is 1. The summed E-state index contributed by atoms with van der Waals surface area (Å²) in [6.07, 6.45) is -3.28. The minimum absolute atomic E-state index is 0.0282. The Morgan fingerprint density at radius 2 is 1.78 bits per heavy atom. The number of hydrogen-bond donors (Lipinski definition) is 1. The Kier molecular flexibility index (Phi) is 6.07. The van der Waals surface area contributed by atoms with Crippen LogP contribution in [0.15, 0.2) is 70.4 Å². The Balaban J connectivity index is 2.04. The Morgan fingerprint density at radius 1 is 1.08 bits per heavy atom. The molecular formula is C24H17F3N6O3. The largest absolute Gasteiger partial charge is 0.416 e. The second-order valence-corrected chi connectivity index (χ2v) is 7.77. The van der Waals surface area contributed by atoms with Crippen LogP contribution in [0.1, 0.15) is 16.8 Å². The van der Waals surface area contributed by atoms with Gasteiger partial charge in [-0.3, -0.25) is 14.2 Å². The summed E-state index contributed by atoms with van der Waals surface area (Å²) in [5.41, 5.74) is 3.24. The second kappa shape index (κ2) is 9.03. The molecule has 182 valence electrons. The first-order chi connectivity index (χ1) is 17.0. The van der Waals surface area contributed by atoms with Gasteiger partial charge in [-0.15, -0.1) is 0 Å². The van der Waals surface area contributed by atoms with Crippen molar-refractivity contribution in [1.82, 2.24) is 18.9 Å². The van der Waals surface area contributed by atoms with Crippen molar-refractivity contribution in [3.63, 3.8) is 0 Å².